The summed E-state index contributed by atoms with van der Waals surface area (Å²) in [6.07, 6.45) is 0.337. The van der Waals surface area contributed by atoms with E-state index in [1.165, 1.54) is 11.3 Å². The summed E-state index contributed by atoms with van der Waals surface area (Å²) in [6.45, 7) is 3.94. The number of allylic oxidation sites excluding steroid dienone is 1. The fraction of sp³-hybridized carbons (Fsp3) is 0.0714. The number of Topliss-reactive ketones (excluding diaryl/α,β-unsaturated/α-hetero) is 1. The molecule has 0 radical (unpaired) electrons. The van der Waals surface area contributed by atoms with E-state index in [2.05, 4.69) is 6.58 Å². The monoisotopic (exact) mass is 243 g/mol. The van der Waals surface area contributed by atoms with Crippen LogP contribution in [-0.4, -0.2) is 5.78 Å². The van der Waals surface area contributed by atoms with Crippen LogP contribution in [0, 0.1) is 0 Å². The third-order valence-corrected chi connectivity index (χ3v) is 3.49. The topological polar surface area (TPSA) is 43.1 Å². The maximum Gasteiger partial charge on any atom is 0.167 e. The van der Waals surface area contributed by atoms with Gasteiger partial charge in [-0.15, -0.1) is 11.3 Å². The van der Waals surface area contributed by atoms with Crippen LogP contribution < -0.4 is 5.73 Å². The first-order valence-corrected chi connectivity index (χ1v) is 6.15. The van der Waals surface area contributed by atoms with Crippen molar-refractivity contribution in [3.63, 3.8) is 0 Å². The highest BCUT2D eigenvalue weighted by atomic mass is 32.1. The molecule has 2 N–H and O–H groups in total. The van der Waals surface area contributed by atoms with E-state index in [1.807, 2.05) is 41.8 Å². The summed E-state index contributed by atoms with van der Waals surface area (Å²) >= 11 is 1.52. The summed E-state index contributed by atoms with van der Waals surface area (Å²) in [7, 11) is 0. The van der Waals surface area contributed by atoms with Crippen LogP contribution in [0.5, 0.6) is 0 Å². The fourth-order valence-corrected chi connectivity index (χ4v) is 2.32. The van der Waals surface area contributed by atoms with E-state index >= 15 is 0 Å². The van der Waals surface area contributed by atoms with Gasteiger partial charge in [0.1, 0.15) is 0 Å². The summed E-state index contributed by atoms with van der Waals surface area (Å²) in [5.74, 6) is 0.0857. The molecule has 1 aromatic heterocycles. The van der Waals surface area contributed by atoms with Crippen LogP contribution in [0.1, 0.15) is 21.7 Å². The number of benzene rings is 1. The Hall–Kier alpha value is -1.87. The molecule has 2 nitrogen and oxygen atoms in total. The first kappa shape index (κ1) is 11.6. The van der Waals surface area contributed by atoms with E-state index in [0.29, 0.717) is 6.42 Å². The molecule has 0 aliphatic carbocycles. The van der Waals surface area contributed by atoms with Crippen molar-refractivity contribution in [3.8, 4) is 0 Å². The average molecular weight is 243 g/mol. The van der Waals surface area contributed by atoms with Crippen LogP contribution >= 0.6 is 11.3 Å². The van der Waals surface area contributed by atoms with Crippen molar-refractivity contribution in [1.82, 2.24) is 0 Å². The minimum absolute atomic E-state index is 0.0857. The maximum absolute atomic E-state index is 11.9. The van der Waals surface area contributed by atoms with Gasteiger partial charge in [-0.1, -0.05) is 36.9 Å². The van der Waals surface area contributed by atoms with Gasteiger partial charge in [0.15, 0.2) is 5.78 Å². The molecule has 0 bridgehead atoms. The molecule has 0 atom stereocenters. The average Bonchev–Trinajstić information content (AvgIpc) is 2.77. The Labute approximate surface area is 104 Å². The molecule has 0 fully saturated rings. The van der Waals surface area contributed by atoms with Gasteiger partial charge in [0.05, 0.1) is 0 Å². The summed E-state index contributed by atoms with van der Waals surface area (Å²) in [6, 6.07) is 11.1. The normalized spacial score (nSPS) is 10.1. The molecule has 1 aromatic carbocycles. The summed E-state index contributed by atoms with van der Waals surface area (Å²) in [5, 5.41) is 1.85. The van der Waals surface area contributed by atoms with Gasteiger partial charge in [0, 0.05) is 27.9 Å². The molecule has 3 heteroatoms. The third kappa shape index (κ3) is 2.82. The predicted molar refractivity (Wildman–Crippen MR) is 73.2 cm³/mol. The predicted octanol–water partition coefficient (Wildman–Crippen LogP) is 3.62. The molecule has 0 aliphatic rings. The number of carbonyl (C=O) groups excluding carboxylic acids is 1. The largest absolute Gasteiger partial charge is 0.398 e. The Kier molecular flexibility index (Phi) is 3.40. The molecule has 1 heterocycles. The Morgan fingerprint density at radius 3 is 2.59 bits per heavy atom. The molecular formula is C14H13NOS. The smallest absolute Gasteiger partial charge is 0.167 e. The Morgan fingerprint density at radius 1 is 1.29 bits per heavy atom. The minimum atomic E-state index is 0.0857. The minimum Gasteiger partial charge on any atom is -0.398 e. The second kappa shape index (κ2) is 4.97. The molecule has 0 saturated heterocycles. The zero-order valence-corrected chi connectivity index (χ0v) is 10.2. The van der Waals surface area contributed by atoms with E-state index < -0.39 is 0 Å². The van der Waals surface area contributed by atoms with Crippen molar-refractivity contribution < 1.29 is 4.79 Å². The molecule has 86 valence electrons. The lowest BCUT2D eigenvalue weighted by atomic mass is 10.0. The van der Waals surface area contributed by atoms with Crippen LogP contribution in [0.25, 0.3) is 5.57 Å². The van der Waals surface area contributed by atoms with Crippen molar-refractivity contribution in [3.05, 3.63) is 58.8 Å². The molecule has 0 unspecified atom stereocenters. The Bertz CT molecular complexity index is 542. The Morgan fingerprint density at radius 2 is 2.00 bits per heavy atom. The van der Waals surface area contributed by atoms with Gasteiger partial charge in [-0.05, 0) is 11.6 Å². The number of rotatable bonds is 4. The van der Waals surface area contributed by atoms with Gasteiger partial charge in [0.2, 0.25) is 0 Å². The van der Waals surface area contributed by atoms with E-state index in [9.17, 15) is 4.79 Å². The number of hydrogen-bond donors (Lipinski definition) is 1. The number of thiophene rings is 1. The maximum atomic E-state index is 11.9. The van der Waals surface area contributed by atoms with Crippen LogP contribution in [0.4, 0.5) is 5.69 Å². The lowest BCUT2D eigenvalue weighted by Crippen LogP contribution is -1.99. The third-order valence-electron chi connectivity index (χ3n) is 2.44. The van der Waals surface area contributed by atoms with Gasteiger partial charge in [-0.3, -0.25) is 4.79 Å². The van der Waals surface area contributed by atoms with Crippen molar-refractivity contribution in [2.75, 3.05) is 5.73 Å². The first-order chi connectivity index (χ1) is 8.16. The highest BCUT2D eigenvalue weighted by Crippen LogP contribution is 2.26. The lowest BCUT2D eigenvalue weighted by Gasteiger charge is -2.02. The molecule has 0 spiro atoms. The van der Waals surface area contributed by atoms with Crippen LogP contribution in [0.15, 0.2) is 48.4 Å². The van der Waals surface area contributed by atoms with Crippen molar-refractivity contribution in [1.29, 1.82) is 0 Å². The molecule has 0 amide bonds. The number of carbonyl (C=O) groups is 1. The second-order valence-electron chi connectivity index (χ2n) is 3.81. The van der Waals surface area contributed by atoms with Gasteiger partial charge in [0.25, 0.3) is 0 Å². The van der Waals surface area contributed by atoms with Crippen molar-refractivity contribution in [2.45, 2.75) is 6.42 Å². The summed E-state index contributed by atoms with van der Waals surface area (Å²) in [5.41, 5.74) is 7.90. The second-order valence-corrected chi connectivity index (χ2v) is 4.73. The molecule has 17 heavy (non-hydrogen) atoms. The zero-order chi connectivity index (χ0) is 12.3. The lowest BCUT2D eigenvalue weighted by molar-refractivity contribution is 0.0998. The standard InChI is InChI=1S/C14H13NOS/c1-10(14-8-12(15)9-17-14)7-13(16)11-5-3-2-4-6-11/h2-6,8-9H,1,7,15H2. The number of ketones is 1. The van der Waals surface area contributed by atoms with Crippen LogP contribution in [-0.2, 0) is 0 Å². The summed E-state index contributed by atoms with van der Waals surface area (Å²) in [4.78, 5) is 12.9. The summed E-state index contributed by atoms with van der Waals surface area (Å²) < 4.78 is 0. The van der Waals surface area contributed by atoms with Gasteiger partial charge >= 0.3 is 0 Å². The quantitative estimate of drug-likeness (QED) is 0.833. The van der Waals surface area contributed by atoms with E-state index in [0.717, 1.165) is 21.7 Å². The zero-order valence-electron chi connectivity index (χ0n) is 9.35. The molecule has 2 rings (SSSR count). The number of nitrogen functional groups attached to an aromatic ring is 1. The van der Waals surface area contributed by atoms with Crippen LogP contribution in [0.2, 0.25) is 0 Å². The number of hydrogen-bond acceptors (Lipinski definition) is 3. The molecule has 0 saturated carbocycles. The van der Waals surface area contributed by atoms with Gasteiger partial charge in [-0.2, -0.15) is 0 Å². The Balaban J connectivity index is 2.07. The van der Waals surface area contributed by atoms with Gasteiger partial charge in [-0.25, -0.2) is 0 Å². The van der Waals surface area contributed by atoms with Gasteiger partial charge < -0.3 is 5.73 Å². The van der Waals surface area contributed by atoms with Crippen molar-refractivity contribution in [2.24, 2.45) is 0 Å². The first-order valence-electron chi connectivity index (χ1n) is 5.27. The molecule has 2 aromatic rings. The van der Waals surface area contributed by atoms with E-state index in [4.69, 9.17) is 5.73 Å². The molecular weight excluding hydrogens is 230 g/mol. The van der Waals surface area contributed by atoms with E-state index in [-0.39, 0.29) is 5.78 Å². The van der Waals surface area contributed by atoms with Crippen LogP contribution in [0.3, 0.4) is 0 Å². The SMILES string of the molecule is C=C(CC(=O)c1ccccc1)c1cc(N)cs1. The number of nitrogens with two attached hydrogens (primary N) is 1. The number of anilines is 1. The van der Waals surface area contributed by atoms with Crippen molar-refractivity contribution >= 4 is 28.4 Å². The highest BCUT2D eigenvalue weighted by molar-refractivity contribution is 7.11. The highest BCUT2D eigenvalue weighted by Gasteiger charge is 2.09. The fourth-order valence-electron chi connectivity index (χ4n) is 1.54. The molecule has 0 aliphatic heterocycles. The van der Waals surface area contributed by atoms with E-state index in [1.54, 1.807) is 0 Å².